The van der Waals surface area contributed by atoms with Crippen LogP contribution in [0.3, 0.4) is 0 Å². The fraction of sp³-hybridized carbons (Fsp3) is 0.250. The molecular weight excluding hydrogens is 378 g/mol. The summed E-state index contributed by atoms with van der Waals surface area (Å²) in [4.78, 5) is 21.5. The summed E-state index contributed by atoms with van der Waals surface area (Å²) in [5.74, 6) is 2.47. The molecule has 0 unspecified atom stereocenters. The molecule has 0 spiro atoms. The fourth-order valence-corrected chi connectivity index (χ4v) is 3.82. The maximum absolute atomic E-state index is 12.6. The third-order valence-electron chi connectivity index (χ3n) is 5.48. The number of anilines is 1. The van der Waals surface area contributed by atoms with Crippen molar-refractivity contribution in [3.05, 3.63) is 66.2 Å². The van der Waals surface area contributed by atoms with Gasteiger partial charge in [-0.15, -0.1) is 0 Å². The van der Waals surface area contributed by atoms with Gasteiger partial charge >= 0.3 is 0 Å². The molecule has 0 bridgehead atoms. The quantitative estimate of drug-likeness (QED) is 0.630. The molecule has 30 heavy (non-hydrogen) atoms. The number of rotatable bonds is 3. The van der Waals surface area contributed by atoms with Gasteiger partial charge in [0.2, 0.25) is 5.91 Å². The van der Waals surface area contributed by atoms with Crippen molar-refractivity contribution < 1.29 is 14.3 Å². The minimum Gasteiger partial charge on any atom is -0.486 e. The summed E-state index contributed by atoms with van der Waals surface area (Å²) in [6.07, 6.45) is 3.47. The highest BCUT2D eigenvalue weighted by Gasteiger charge is 2.20. The molecule has 1 fully saturated rings. The first-order chi connectivity index (χ1) is 14.8. The first-order valence-corrected chi connectivity index (χ1v) is 10.2. The smallest absolute Gasteiger partial charge is 0.246 e. The largest absolute Gasteiger partial charge is 0.486 e. The summed E-state index contributed by atoms with van der Waals surface area (Å²) in [6.45, 7) is 4.03. The Bertz CT molecular complexity index is 1100. The van der Waals surface area contributed by atoms with Gasteiger partial charge < -0.3 is 19.3 Å². The van der Waals surface area contributed by atoms with E-state index < -0.39 is 0 Å². The summed E-state index contributed by atoms with van der Waals surface area (Å²) >= 11 is 0. The molecule has 3 aromatic rings. The van der Waals surface area contributed by atoms with E-state index in [1.165, 1.54) is 0 Å². The normalized spacial score (nSPS) is 16.3. The van der Waals surface area contributed by atoms with E-state index in [2.05, 4.69) is 23.1 Å². The number of carbonyl (C=O) groups is 1. The van der Waals surface area contributed by atoms with Crippen molar-refractivity contribution in [3.8, 4) is 11.5 Å². The molecule has 0 aliphatic carbocycles. The number of hydrogen-bond acceptors (Lipinski definition) is 5. The third kappa shape index (κ3) is 3.81. The number of aromatic nitrogens is 1. The molecule has 0 N–H and O–H groups in total. The van der Waals surface area contributed by atoms with Crippen molar-refractivity contribution in [3.63, 3.8) is 0 Å². The average molecular weight is 401 g/mol. The number of amides is 1. The van der Waals surface area contributed by atoms with Gasteiger partial charge in [0.15, 0.2) is 11.5 Å². The molecule has 2 aliphatic heterocycles. The molecule has 3 heterocycles. The van der Waals surface area contributed by atoms with Crippen LogP contribution in [0.1, 0.15) is 5.56 Å². The first-order valence-electron chi connectivity index (χ1n) is 10.2. The van der Waals surface area contributed by atoms with Crippen LogP contribution in [0.4, 0.5) is 5.82 Å². The highest BCUT2D eigenvalue weighted by molar-refractivity contribution is 5.92. The van der Waals surface area contributed by atoms with Crippen molar-refractivity contribution in [2.75, 3.05) is 44.3 Å². The maximum Gasteiger partial charge on any atom is 0.246 e. The van der Waals surface area contributed by atoms with Crippen LogP contribution in [-0.2, 0) is 4.79 Å². The number of carbonyl (C=O) groups excluding carboxylic acids is 1. The van der Waals surface area contributed by atoms with Crippen LogP contribution in [0.25, 0.3) is 17.0 Å². The lowest BCUT2D eigenvalue weighted by atomic mass is 10.1. The van der Waals surface area contributed by atoms with E-state index in [1.54, 1.807) is 6.08 Å². The molecule has 0 radical (unpaired) electrons. The Morgan fingerprint density at radius 3 is 2.57 bits per heavy atom. The Morgan fingerprint density at radius 1 is 0.900 bits per heavy atom. The van der Waals surface area contributed by atoms with Gasteiger partial charge in [0.1, 0.15) is 19.0 Å². The van der Waals surface area contributed by atoms with Crippen LogP contribution in [0.2, 0.25) is 0 Å². The standard InChI is InChI=1S/C24H23N3O3/c28-24(10-6-18-5-8-21-22(17-18)30-16-15-29-21)27-13-11-26(12-14-27)23-9-7-19-3-1-2-4-20(19)25-23/h1-10,17H,11-16H2/b10-6-. The average Bonchev–Trinajstić information content (AvgIpc) is 2.82. The zero-order chi connectivity index (χ0) is 20.3. The molecule has 152 valence electrons. The Labute approximate surface area is 175 Å². The van der Waals surface area contributed by atoms with E-state index in [4.69, 9.17) is 14.5 Å². The molecule has 1 amide bonds. The number of pyridine rings is 1. The molecule has 6 heteroatoms. The van der Waals surface area contributed by atoms with E-state index in [1.807, 2.05) is 47.4 Å². The molecule has 1 aromatic heterocycles. The van der Waals surface area contributed by atoms with Crippen LogP contribution < -0.4 is 14.4 Å². The highest BCUT2D eigenvalue weighted by Crippen LogP contribution is 2.31. The summed E-state index contributed by atoms with van der Waals surface area (Å²) in [7, 11) is 0. The van der Waals surface area contributed by atoms with Gasteiger partial charge in [-0.25, -0.2) is 4.98 Å². The molecular formula is C24H23N3O3. The second-order valence-electron chi connectivity index (χ2n) is 7.41. The van der Waals surface area contributed by atoms with E-state index in [0.29, 0.717) is 26.3 Å². The molecule has 2 aromatic carbocycles. The van der Waals surface area contributed by atoms with Crippen molar-refractivity contribution in [2.45, 2.75) is 0 Å². The number of hydrogen-bond donors (Lipinski definition) is 0. The SMILES string of the molecule is O=C(/C=C\c1ccc2c(c1)OCCO2)N1CCN(c2ccc3ccccc3n2)CC1. The topological polar surface area (TPSA) is 54.9 Å². The van der Waals surface area contributed by atoms with Gasteiger partial charge in [0, 0.05) is 37.6 Å². The lowest BCUT2D eigenvalue weighted by Gasteiger charge is -2.35. The number of nitrogens with zero attached hydrogens (tertiary/aromatic N) is 3. The van der Waals surface area contributed by atoms with Crippen LogP contribution in [0.5, 0.6) is 11.5 Å². The molecule has 0 saturated carbocycles. The predicted molar refractivity (Wildman–Crippen MR) is 117 cm³/mol. The van der Waals surface area contributed by atoms with Crippen LogP contribution >= 0.6 is 0 Å². The predicted octanol–water partition coefficient (Wildman–Crippen LogP) is 3.37. The van der Waals surface area contributed by atoms with Gasteiger partial charge in [-0.2, -0.15) is 0 Å². The van der Waals surface area contributed by atoms with Gasteiger partial charge in [0.25, 0.3) is 0 Å². The monoisotopic (exact) mass is 401 g/mol. The Kier molecular flexibility index (Phi) is 4.97. The van der Waals surface area contributed by atoms with E-state index in [9.17, 15) is 4.79 Å². The fourth-order valence-electron chi connectivity index (χ4n) is 3.82. The maximum atomic E-state index is 12.6. The second-order valence-corrected chi connectivity index (χ2v) is 7.41. The Balaban J connectivity index is 1.20. The lowest BCUT2D eigenvalue weighted by molar-refractivity contribution is -0.126. The lowest BCUT2D eigenvalue weighted by Crippen LogP contribution is -2.48. The number of benzene rings is 2. The van der Waals surface area contributed by atoms with E-state index in [0.717, 1.165) is 46.9 Å². The molecule has 5 rings (SSSR count). The minimum atomic E-state index is 0.0241. The van der Waals surface area contributed by atoms with E-state index >= 15 is 0 Å². The summed E-state index contributed by atoms with van der Waals surface area (Å²) < 4.78 is 11.1. The summed E-state index contributed by atoms with van der Waals surface area (Å²) in [6, 6.07) is 18.0. The van der Waals surface area contributed by atoms with Crippen molar-refractivity contribution >= 4 is 28.7 Å². The van der Waals surface area contributed by atoms with Crippen molar-refractivity contribution in [2.24, 2.45) is 0 Å². The summed E-state index contributed by atoms with van der Waals surface area (Å²) in [5, 5.41) is 1.14. The van der Waals surface area contributed by atoms with Crippen molar-refractivity contribution in [1.29, 1.82) is 0 Å². The van der Waals surface area contributed by atoms with Crippen LogP contribution in [0.15, 0.2) is 60.7 Å². The summed E-state index contributed by atoms with van der Waals surface area (Å²) in [5.41, 5.74) is 1.92. The number of fused-ring (bicyclic) bond motifs is 2. The highest BCUT2D eigenvalue weighted by atomic mass is 16.6. The molecule has 2 aliphatic rings. The van der Waals surface area contributed by atoms with Crippen LogP contribution in [0, 0.1) is 0 Å². The Hall–Kier alpha value is -3.54. The van der Waals surface area contributed by atoms with Gasteiger partial charge in [0.05, 0.1) is 5.52 Å². The molecule has 1 saturated heterocycles. The van der Waals surface area contributed by atoms with Gasteiger partial charge in [-0.05, 0) is 42.0 Å². The number of para-hydroxylation sites is 1. The molecule has 6 nitrogen and oxygen atoms in total. The van der Waals surface area contributed by atoms with Crippen molar-refractivity contribution in [1.82, 2.24) is 9.88 Å². The zero-order valence-electron chi connectivity index (χ0n) is 16.7. The van der Waals surface area contributed by atoms with Gasteiger partial charge in [-0.3, -0.25) is 4.79 Å². The van der Waals surface area contributed by atoms with Crippen LogP contribution in [-0.4, -0.2) is 55.2 Å². The Morgan fingerprint density at radius 2 is 1.70 bits per heavy atom. The second kappa shape index (κ2) is 8.06. The third-order valence-corrected chi connectivity index (χ3v) is 5.48. The first kappa shape index (κ1) is 18.5. The molecule has 0 atom stereocenters. The number of piperazine rings is 1. The van der Waals surface area contributed by atoms with E-state index in [-0.39, 0.29) is 5.91 Å². The minimum absolute atomic E-state index is 0.0241. The zero-order valence-corrected chi connectivity index (χ0v) is 16.7. The number of ether oxygens (including phenoxy) is 2. The van der Waals surface area contributed by atoms with Gasteiger partial charge in [-0.1, -0.05) is 24.3 Å².